The Morgan fingerprint density at radius 3 is 2.70 bits per heavy atom. The van der Waals surface area contributed by atoms with Gasteiger partial charge in [-0.25, -0.2) is 4.98 Å². The molecule has 3 heterocycles. The number of aromatic nitrogens is 3. The van der Waals surface area contributed by atoms with E-state index in [0.717, 1.165) is 16.7 Å². The van der Waals surface area contributed by atoms with E-state index in [1.54, 1.807) is 29.9 Å². The maximum absolute atomic E-state index is 13.1. The lowest BCUT2D eigenvalue weighted by Gasteiger charge is -2.18. The Labute approximate surface area is 178 Å². The number of pyridine rings is 1. The smallest absolute Gasteiger partial charge is 0.196 e. The summed E-state index contributed by atoms with van der Waals surface area (Å²) in [4.78, 5) is 17.2. The molecule has 0 bridgehead atoms. The first-order valence-electron chi connectivity index (χ1n) is 9.40. The number of aryl methyl sites for hydroxylation is 2. The SMILES string of the molecule is Cc1cc([C@@H](C)Oc2ccc(Cl)nc2N)c2oc(-c3cnn(C)c3)c(C)c(=O)c2c1. The molecule has 30 heavy (non-hydrogen) atoms. The van der Waals surface area contributed by atoms with Gasteiger partial charge in [-0.1, -0.05) is 11.6 Å². The van der Waals surface area contributed by atoms with Gasteiger partial charge >= 0.3 is 0 Å². The molecular formula is C22H21ClN4O3. The molecule has 0 amide bonds. The lowest BCUT2D eigenvalue weighted by atomic mass is 10.0. The molecule has 0 spiro atoms. The second-order valence-corrected chi connectivity index (χ2v) is 7.68. The third kappa shape index (κ3) is 3.52. The van der Waals surface area contributed by atoms with E-state index in [-0.39, 0.29) is 16.4 Å². The zero-order valence-electron chi connectivity index (χ0n) is 17.1. The van der Waals surface area contributed by atoms with Crippen molar-refractivity contribution in [3.8, 4) is 17.1 Å². The number of anilines is 1. The van der Waals surface area contributed by atoms with Gasteiger partial charge in [-0.05, 0) is 50.6 Å². The fourth-order valence-electron chi connectivity index (χ4n) is 3.47. The number of nitrogen functional groups attached to an aromatic ring is 1. The Bertz CT molecular complexity index is 1330. The van der Waals surface area contributed by atoms with Crippen LogP contribution >= 0.6 is 11.6 Å². The minimum atomic E-state index is -0.453. The highest BCUT2D eigenvalue weighted by molar-refractivity contribution is 6.29. The Morgan fingerprint density at radius 1 is 1.27 bits per heavy atom. The molecule has 0 aliphatic carbocycles. The summed E-state index contributed by atoms with van der Waals surface area (Å²) in [6.45, 7) is 5.55. The molecule has 1 aromatic carbocycles. The molecule has 7 nitrogen and oxygen atoms in total. The van der Waals surface area contributed by atoms with Gasteiger partial charge in [0, 0.05) is 24.4 Å². The summed E-state index contributed by atoms with van der Waals surface area (Å²) in [5.74, 6) is 1.09. The number of hydrogen-bond acceptors (Lipinski definition) is 6. The van der Waals surface area contributed by atoms with Crippen molar-refractivity contribution in [1.82, 2.24) is 14.8 Å². The number of nitrogens with two attached hydrogens (primary N) is 1. The molecule has 0 unspecified atom stereocenters. The standard InChI is InChI=1S/C22H21ClN4O3/c1-11-7-15(13(3)29-17-5-6-18(23)26-22(17)24)21-16(8-11)19(28)12(2)20(30-21)14-9-25-27(4)10-14/h5-10,13H,1-4H3,(H2,24,26)/t13-/m1/s1. The Kier molecular flexibility index (Phi) is 4.99. The molecular weight excluding hydrogens is 404 g/mol. The van der Waals surface area contributed by atoms with E-state index >= 15 is 0 Å². The van der Waals surface area contributed by atoms with Crippen LogP contribution in [0.2, 0.25) is 5.15 Å². The predicted octanol–water partition coefficient (Wildman–Crippen LogP) is 4.58. The van der Waals surface area contributed by atoms with Gasteiger partial charge in [0.2, 0.25) is 0 Å². The van der Waals surface area contributed by atoms with Crippen LogP contribution in [0.15, 0.2) is 45.9 Å². The summed E-state index contributed by atoms with van der Waals surface area (Å²) >= 11 is 5.88. The first-order valence-corrected chi connectivity index (χ1v) is 9.78. The van der Waals surface area contributed by atoms with Crippen molar-refractivity contribution in [2.24, 2.45) is 7.05 Å². The van der Waals surface area contributed by atoms with Crippen molar-refractivity contribution in [1.29, 1.82) is 0 Å². The first kappa shape index (κ1) is 20.0. The minimum absolute atomic E-state index is 0.0834. The molecule has 0 aliphatic rings. The summed E-state index contributed by atoms with van der Waals surface area (Å²) in [5.41, 5.74) is 9.26. The monoisotopic (exact) mass is 424 g/mol. The quantitative estimate of drug-likeness (QED) is 0.481. The molecule has 0 fully saturated rings. The maximum atomic E-state index is 13.1. The van der Waals surface area contributed by atoms with Crippen LogP contribution in [0.1, 0.15) is 29.7 Å². The topological polar surface area (TPSA) is 96.2 Å². The van der Waals surface area contributed by atoms with Crippen molar-refractivity contribution >= 4 is 28.4 Å². The lowest BCUT2D eigenvalue weighted by Crippen LogP contribution is -2.11. The highest BCUT2D eigenvalue weighted by Crippen LogP contribution is 2.33. The summed E-state index contributed by atoms with van der Waals surface area (Å²) in [6.07, 6.45) is 3.03. The molecule has 2 N–H and O–H groups in total. The van der Waals surface area contributed by atoms with Gasteiger partial charge in [-0.15, -0.1) is 0 Å². The van der Waals surface area contributed by atoms with Crippen molar-refractivity contribution < 1.29 is 9.15 Å². The third-order valence-corrected chi connectivity index (χ3v) is 5.16. The van der Waals surface area contributed by atoms with Gasteiger partial charge in [0.05, 0.1) is 17.1 Å². The van der Waals surface area contributed by atoms with Crippen molar-refractivity contribution in [2.45, 2.75) is 26.9 Å². The number of fused-ring (bicyclic) bond motifs is 1. The van der Waals surface area contributed by atoms with E-state index in [0.29, 0.717) is 28.0 Å². The normalized spacial score (nSPS) is 12.3. The van der Waals surface area contributed by atoms with Gasteiger partial charge < -0.3 is 14.9 Å². The van der Waals surface area contributed by atoms with Crippen LogP contribution in [0.25, 0.3) is 22.3 Å². The number of hydrogen-bond donors (Lipinski definition) is 1. The first-order chi connectivity index (χ1) is 14.2. The van der Waals surface area contributed by atoms with Crippen LogP contribution in [-0.4, -0.2) is 14.8 Å². The van der Waals surface area contributed by atoms with E-state index in [1.165, 1.54) is 0 Å². The Hall–Kier alpha value is -3.32. The van der Waals surface area contributed by atoms with Crippen LogP contribution in [-0.2, 0) is 7.05 Å². The molecule has 4 aromatic rings. The number of benzene rings is 1. The zero-order chi connectivity index (χ0) is 21.6. The van der Waals surface area contributed by atoms with E-state index in [1.807, 2.05) is 39.2 Å². The van der Waals surface area contributed by atoms with E-state index in [2.05, 4.69) is 10.1 Å². The van der Waals surface area contributed by atoms with E-state index in [9.17, 15) is 4.79 Å². The number of ether oxygens (including phenoxy) is 1. The minimum Gasteiger partial charge on any atom is -0.482 e. The molecule has 3 aromatic heterocycles. The fourth-order valence-corrected chi connectivity index (χ4v) is 3.63. The molecule has 4 rings (SSSR count). The Balaban J connectivity index is 1.88. The highest BCUT2D eigenvalue weighted by atomic mass is 35.5. The van der Waals surface area contributed by atoms with Crippen molar-refractivity contribution in [3.63, 3.8) is 0 Å². The van der Waals surface area contributed by atoms with Gasteiger partial charge in [-0.3, -0.25) is 9.48 Å². The largest absolute Gasteiger partial charge is 0.482 e. The van der Waals surface area contributed by atoms with Crippen LogP contribution < -0.4 is 15.9 Å². The number of halogens is 1. The summed E-state index contributed by atoms with van der Waals surface area (Å²) in [5, 5.41) is 4.98. The Morgan fingerprint density at radius 2 is 2.03 bits per heavy atom. The number of nitrogens with zero attached hydrogens (tertiary/aromatic N) is 3. The van der Waals surface area contributed by atoms with Crippen LogP contribution in [0.4, 0.5) is 5.82 Å². The van der Waals surface area contributed by atoms with Gasteiger partial charge in [0.15, 0.2) is 17.0 Å². The highest BCUT2D eigenvalue weighted by Gasteiger charge is 2.21. The van der Waals surface area contributed by atoms with Gasteiger partial charge in [0.1, 0.15) is 22.6 Å². The van der Waals surface area contributed by atoms with Gasteiger partial charge in [0.25, 0.3) is 0 Å². The number of rotatable bonds is 4. The van der Waals surface area contributed by atoms with E-state index < -0.39 is 6.10 Å². The van der Waals surface area contributed by atoms with Crippen LogP contribution in [0.3, 0.4) is 0 Å². The average molecular weight is 425 g/mol. The maximum Gasteiger partial charge on any atom is 0.196 e. The average Bonchev–Trinajstić information content (AvgIpc) is 3.12. The fraction of sp³-hybridized carbons (Fsp3) is 0.227. The molecule has 0 radical (unpaired) electrons. The summed E-state index contributed by atoms with van der Waals surface area (Å²) in [7, 11) is 1.81. The van der Waals surface area contributed by atoms with Crippen molar-refractivity contribution in [3.05, 3.63) is 68.7 Å². The zero-order valence-corrected chi connectivity index (χ0v) is 17.8. The molecule has 0 saturated carbocycles. The predicted molar refractivity (Wildman–Crippen MR) is 117 cm³/mol. The summed E-state index contributed by atoms with van der Waals surface area (Å²) < 4.78 is 14.0. The third-order valence-electron chi connectivity index (χ3n) is 4.95. The molecule has 0 aliphatic heterocycles. The van der Waals surface area contributed by atoms with Crippen LogP contribution in [0, 0.1) is 13.8 Å². The molecule has 0 saturated heterocycles. The lowest BCUT2D eigenvalue weighted by molar-refractivity contribution is 0.227. The molecule has 1 atom stereocenters. The van der Waals surface area contributed by atoms with Crippen molar-refractivity contribution in [2.75, 3.05) is 5.73 Å². The molecule has 154 valence electrons. The van der Waals surface area contributed by atoms with E-state index in [4.69, 9.17) is 26.5 Å². The second kappa shape index (κ2) is 7.50. The molecule has 8 heteroatoms. The van der Waals surface area contributed by atoms with Gasteiger partial charge in [-0.2, -0.15) is 5.10 Å². The van der Waals surface area contributed by atoms with Crippen LogP contribution in [0.5, 0.6) is 5.75 Å². The second-order valence-electron chi connectivity index (χ2n) is 7.30. The summed E-state index contributed by atoms with van der Waals surface area (Å²) in [6, 6.07) is 7.05.